The number of halogens is 1. The van der Waals surface area contributed by atoms with Crippen LogP contribution in [0.25, 0.3) is 6.08 Å². The summed E-state index contributed by atoms with van der Waals surface area (Å²) in [6.45, 7) is 2.62. The normalized spacial score (nSPS) is 22.4. The number of hydrogen-bond acceptors (Lipinski definition) is 2. The fourth-order valence-corrected chi connectivity index (χ4v) is 2.44. The highest BCUT2D eigenvalue weighted by Crippen LogP contribution is 2.23. The van der Waals surface area contributed by atoms with Crippen LogP contribution >= 0.6 is 11.6 Å². The van der Waals surface area contributed by atoms with Gasteiger partial charge < -0.3 is 10.0 Å². The molecule has 0 bridgehead atoms. The number of carbonyl (C=O) groups is 2. The standard InChI is InChI=1S/C15H16ClNO3/c1-10-8-17(9-13(10)15(19)20)14(18)7-4-11-2-5-12(16)6-3-11/h2-7,10,13H,8-9H2,1H3,(H,19,20). The van der Waals surface area contributed by atoms with Crippen LogP contribution < -0.4 is 0 Å². The summed E-state index contributed by atoms with van der Waals surface area (Å²) in [6.07, 6.45) is 3.18. The smallest absolute Gasteiger partial charge is 0.308 e. The summed E-state index contributed by atoms with van der Waals surface area (Å²) < 4.78 is 0. The fraction of sp³-hybridized carbons (Fsp3) is 0.333. The lowest BCUT2D eigenvalue weighted by molar-refractivity contribution is -0.142. The number of aliphatic carboxylic acids is 1. The fourth-order valence-electron chi connectivity index (χ4n) is 2.32. The Bertz CT molecular complexity index is 539. The van der Waals surface area contributed by atoms with Gasteiger partial charge in [0, 0.05) is 24.2 Å². The molecule has 0 aromatic heterocycles. The first-order valence-electron chi connectivity index (χ1n) is 6.42. The summed E-state index contributed by atoms with van der Waals surface area (Å²) in [6, 6.07) is 7.14. The predicted octanol–water partition coefficient (Wildman–Crippen LogP) is 2.53. The van der Waals surface area contributed by atoms with Gasteiger partial charge in [-0.15, -0.1) is 0 Å². The van der Waals surface area contributed by atoms with E-state index in [0.717, 1.165) is 5.56 Å². The van der Waals surface area contributed by atoms with Crippen LogP contribution in [0.15, 0.2) is 30.3 Å². The molecule has 0 radical (unpaired) electrons. The van der Waals surface area contributed by atoms with Crippen LogP contribution in [0.3, 0.4) is 0 Å². The van der Waals surface area contributed by atoms with E-state index in [0.29, 0.717) is 11.6 Å². The van der Waals surface area contributed by atoms with Crippen molar-refractivity contribution in [2.24, 2.45) is 11.8 Å². The predicted molar refractivity (Wildman–Crippen MR) is 77.4 cm³/mol. The quantitative estimate of drug-likeness (QED) is 0.871. The topological polar surface area (TPSA) is 57.6 Å². The molecule has 1 aliphatic rings. The molecule has 1 saturated heterocycles. The van der Waals surface area contributed by atoms with Gasteiger partial charge in [0.2, 0.25) is 5.91 Å². The number of carbonyl (C=O) groups excluding carboxylic acids is 1. The van der Waals surface area contributed by atoms with Crippen molar-refractivity contribution in [1.29, 1.82) is 0 Å². The molecule has 1 amide bonds. The molecule has 0 spiro atoms. The van der Waals surface area contributed by atoms with E-state index in [4.69, 9.17) is 16.7 Å². The third-order valence-electron chi connectivity index (χ3n) is 3.53. The first-order chi connectivity index (χ1) is 9.47. The minimum absolute atomic E-state index is 0.0135. The van der Waals surface area contributed by atoms with Gasteiger partial charge in [0.05, 0.1) is 5.92 Å². The van der Waals surface area contributed by atoms with Gasteiger partial charge in [-0.25, -0.2) is 0 Å². The summed E-state index contributed by atoms with van der Waals surface area (Å²) in [4.78, 5) is 24.6. The summed E-state index contributed by atoms with van der Waals surface area (Å²) in [7, 11) is 0. The second-order valence-electron chi connectivity index (χ2n) is 5.05. The van der Waals surface area contributed by atoms with Crippen molar-refractivity contribution >= 4 is 29.6 Å². The molecule has 2 unspecified atom stereocenters. The molecule has 0 saturated carbocycles. The number of hydrogen-bond donors (Lipinski definition) is 1. The van der Waals surface area contributed by atoms with Gasteiger partial charge in [-0.2, -0.15) is 0 Å². The molecule has 4 nitrogen and oxygen atoms in total. The first-order valence-corrected chi connectivity index (χ1v) is 6.80. The Morgan fingerprint density at radius 1 is 1.30 bits per heavy atom. The van der Waals surface area contributed by atoms with Crippen molar-refractivity contribution < 1.29 is 14.7 Å². The largest absolute Gasteiger partial charge is 0.481 e. The molecule has 5 heteroatoms. The Labute approximate surface area is 122 Å². The molecule has 1 aromatic carbocycles. The van der Waals surface area contributed by atoms with Gasteiger partial charge in [-0.3, -0.25) is 9.59 Å². The van der Waals surface area contributed by atoms with Gasteiger partial charge in [0.15, 0.2) is 0 Å². The Kier molecular flexibility index (Phi) is 4.45. The first kappa shape index (κ1) is 14.6. The molecule has 1 fully saturated rings. The summed E-state index contributed by atoms with van der Waals surface area (Å²) >= 11 is 5.78. The number of nitrogens with zero attached hydrogens (tertiary/aromatic N) is 1. The summed E-state index contributed by atoms with van der Waals surface area (Å²) in [5.74, 6) is -1.48. The van der Waals surface area contributed by atoms with Gasteiger partial charge in [-0.1, -0.05) is 30.7 Å². The monoisotopic (exact) mass is 293 g/mol. The molecule has 1 heterocycles. The van der Waals surface area contributed by atoms with E-state index in [1.807, 2.05) is 19.1 Å². The molecule has 2 rings (SSSR count). The lowest BCUT2D eigenvalue weighted by Crippen LogP contribution is -2.28. The number of carboxylic acids is 1. The number of rotatable bonds is 3. The molecular weight excluding hydrogens is 278 g/mol. The number of carboxylic acid groups (broad SMARTS) is 1. The second kappa shape index (κ2) is 6.09. The molecule has 20 heavy (non-hydrogen) atoms. The zero-order valence-electron chi connectivity index (χ0n) is 11.1. The molecule has 0 aliphatic carbocycles. The van der Waals surface area contributed by atoms with Crippen LogP contribution in [0.1, 0.15) is 12.5 Å². The molecule has 2 atom stereocenters. The SMILES string of the molecule is CC1CN(C(=O)C=Cc2ccc(Cl)cc2)CC1C(=O)O. The summed E-state index contributed by atoms with van der Waals surface area (Å²) in [5, 5.41) is 9.69. The Hall–Kier alpha value is -1.81. The van der Waals surface area contributed by atoms with Gasteiger partial charge in [-0.05, 0) is 29.7 Å². The van der Waals surface area contributed by atoms with Crippen molar-refractivity contribution in [1.82, 2.24) is 4.90 Å². The van der Waals surface area contributed by atoms with E-state index in [9.17, 15) is 9.59 Å². The van der Waals surface area contributed by atoms with Crippen molar-refractivity contribution in [3.05, 3.63) is 40.9 Å². The molecule has 1 aliphatic heterocycles. The maximum Gasteiger partial charge on any atom is 0.308 e. The maximum atomic E-state index is 12.0. The number of benzene rings is 1. The van der Waals surface area contributed by atoms with Crippen LogP contribution in [-0.2, 0) is 9.59 Å². The average Bonchev–Trinajstić information content (AvgIpc) is 2.80. The van der Waals surface area contributed by atoms with Crippen LogP contribution in [0, 0.1) is 11.8 Å². The number of likely N-dealkylation sites (tertiary alicyclic amines) is 1. The lowest BCUT2D eigenvalue weighted by atomic mass is 9.99. The van der Waals surface area contributed by atoms with Gasteiger partial charge in [0.1, 0.15) is 0 Å². The van der Waals surface area contributed by atoms with Crippen molar-refractivity contribution in [2.75, 3.05) is 13.1 Å². The van der Waals surface area contributed by atoms with E-state index >= 15 is 0 Å². The molecule has 1 N–H and O–H groups in total. The van der Waals surface area contributed by atoms with Crippen molar-refractivity contribution in [3.63, 3.8) is 0 Å². The highest BCUT2D eigenvalue weighted by atomic mass is 35.5. The highest BCUT2D eigenvalue weighted by Gasteiger charge is 2.36. The summed E-state index contributed by atoms with van der Waals surface area (Å²) in [5.41, 5.74) is 0.879. The Morgan fingerprint density at radius 2 is 1.95 bits per heavy atom. The zero-order chi connectivity index (χ0) is 14.7. The number of amides is 1. The van der Waals surface area contributed by atoms with E-state index in [1.165, 1.54) is 6.08 Å². The Morgan fingerprint density at radius 3 is 2.50 bits per heavy atom. The van der Waals surface area contributed by atoms with Gasteiger partial charge in [0.25, 0.3) is 0 Å². The maximum absolute atomic E-state index is 12.0. The van der Waals surface area contributed by atoms with E-state index < -0.39 is 11.9 Å². The molecule has 1 aromatic rings. The Balaban J connectivity index is 1.99. The molecule has 106 valence electrons. The highest BCUT2D eigenvalue weighted by molar-refractivity contribution is 6.30. The second-order valence-corrected chi connectivity index (χ2v) is 5.49. The van der Waals surface area contributed by atoms with Crippen LogP contribution in [0.5, 0.6) is 0 Å². The van der Waals surface area contributed by atoms with Crippen LogP contribution in [0.4, 0.5) is 0 Å². The van der Waals surface area contributed by atoms with E-state index in [-0.39, 0.29) is 18.4 Å². The van der Waals surface area contributed by atoms with E-state index in [1.54, 1.807) is 23.1 Å². The van der Waals surface area contributed by atoms with Crippen molar-refractivity contribution in [2.45, 2.75) is 6.92 Å². The zero-order valence-corrected chi connectivity index (χ0v) is 11.9. The average molecular weight is 294 g/mol. The minimum atomic E-state index is -0.838. The van der Waals surface area contributed by atoms with Crippen molar-refractivity contribution in [3.8, 4) is 0 Å². The van der Waals surface area contributed by atoms with Crippen LogP contribution in [0.2, 0.25) is 5.02 Å². The minimum Gasteiger partial charge on any atom is -0.481 e. The third kappa shape index (κ3) is 3.39. The van der Waals surface area contributed by atoms with Gasteiger partial charge >= 0.3 is 5.97 Å². The van der Waals surface area contributed by atoms with E-state index in [2.05, 4.69) is 0 Å². The van der Waals surface area contributed by atoms with Crippen LogP contribution in [-0.4, -0.2) is 35.0 Å². The lowest BCUT2D eigenvalue weighted by Gasteiger charge is -2.12. The third-order valence-corrected chi connectivity index (χ3v) is 3.78. The molecular formula is C15H16ClNO3.